The van der Waals surface area contributed by atoms with Crippen LogP contribution in [-0.4, -0.2) is 0 Å². The Bertz CT molecular complexity index is 861. The molecule has 0 radical (unpaired) electrons. The number of nitrogens with two attached hydrogens (primary N) is 1. The van der Waals surface area contributed by atoms with Crippen LogP contribution in [0.4, 0.5) is 5.69 Å². The van der Waals surface area contributed by atoms with Crippen molar-refractivity contribution in [2.24, 2.45) is 0 Å². The molecule has 0 aromatic heterocycles. The zero-order valence-corrected chi connectivity index (χ0v) is 11.3. The van der Waals surface area contributed by atoms with E-state index in [0.717, 1.165) is 11.1 Å². The first-order valence-corrected chi connectivity index (χ1v) is 6.27. The van der Waals surface area contributed by atoms with Crippen LogP contribution in [0.15, 0.2) is 54.6 Å². The first kappa shape index (κ1) is 13.9. The van der Waals surface area contributed by atoms with Gasteiger partial charge in [-0.2, -0.15) is 0 Å². The molecular formula is C20H11N. The van der Waals surface area contributed by atoms with Crippen molar-refractivity contribution < 1.29 is 0 Å². The van der Waals surface area contributed by atoms with E-state index < -0.39 is 0 Å². The van der Waals surface area contributed by atoms with E-state index in [-0.39, 0.29) is 0 Å². The first-order valence-electron chi connectivity index (χ1n) is 6.27. The molecule has 21 heavy (non-hydrogen) atoms. The van der Waals surface area contributed by atoms with Crippen molar-refractivity contribution in [2.45, 2.75) is 0 Å². The molecule has 0 bridgehead atoms. The van der Waals surface area contributed by atoms with Gasteiger partial charge in [-0.1, -0.05) is 36.1 Å². The summed E-state index contributed by atoms with van der Waals surface area (Å²) in [5.41, 5.74) is 8.10. The number of benzene rings is 2. The summed E-state index contributed by atoms with van der Waals surface area (Å²) in [4.78, 5) is 0. The molecule has 0 fully saturated rings. The lowest BCUT2D eigenvalue weighted by Gasteiger charge is -1.91. The Hall–Kier alpha value is -3.52. The fraction of sp³-hybridized carbons (Fsp3) is 0. The van der Waals surface area contributed by atoms with Crippen LogP contribution in [-0.2, 0) is 0 Å². The van der Waals surface area contributed by atoms with Crippen LogP contribution in [0.1, 0.15) is 11.1 Å². The van der Waals surface area contributed by atoms with E-state index in [2.05, 4.69) is 47.4 Å². The second-order valence-corrected chi connectivity index (χ2v) is 3.99. The SMILES string of the molecule is Nc1cccc(C#CC#CC#CC#Cc2ccccc2)c1. The Labute approximate surface area is 125 Å². The highest BCUT2D eigenvalue weighted by Crippen LogP contribution is 2.04. The second kappa shape index (κ2) is 7.81. The van der Waals surface area contributed by atoms with Gasteiger partial charge in [-0.25, -0.2) is 0 Å². The number of hydrogen-bond acceptors (Lipinski definition) is 1. The predicted octanol–water partition coefficient (Wildman–Crippen LogP) is 2.68. The molecule has 1 nitrogen and oxygen atoms in total. The summed E-state index contributed by atoms with van der Waals surface area (Å²) in [5.74, 6) is 21.9. The van der Waals surface area contributed by atoms with E-state index in [1.54, 1.807) is 6.07 Å². The summed E-state index contributed by atoms with van der Waals surface area (Å²) >= 11 is 0. The van der Waals surface area contributed by atoms with Crippen LogP contribution in [0.2, 0.25) is 0 Å². The van der Waals surface area contributed by atoms with E-state index in [0.29, 0.717) is 5.69 Å². The van der Waals surface area contributed by atoms with E-state index in [9.17, 15) is 0 Å². The van der Waals surface area contributed by atoms with E-state index in [1.165, 1.54) is 0 Å². The van der Waals surface area contributed by atoms with Crippen LogP contribution in [0.5, 0.6) is 0 Å². The zero-order valence-electron chi connectivity index (χ0n) is 11.3. The summed E-state index contributed by atoms with van der Waals surface area (Å²) in [7, 11) is 0. The maximum Gasteiger partial charge on any atom is 0.0326 e. The minimum atomic E-state index is 0.686. The predicted molar refractivity (Wildman–Crippen MR) is 86.6 cm³/mol. The van der Waals surface area contributed by atoms with Gasteiger partial charge < -0.3 is 5.73 Å². The van der Waals surface area contributed by atoms with E-state index >= 15 is 0 Å². The largest absolute Gasteiger partial charge is 0.399 e. The zero-order chi connectivity index (χ0) is 14.8. The van der Waals surface area contributed by atoms with Crippen molar-refractivity contribution in [3.63, 3.8) is 0 Å². The van der Waals surface area contributed by atoms with Crippen molar-refractivity contribution in [1.82, 2.24) is 0 Å². The molecular weight excluding hydrogens is 254 g/mol. The van der Waals surface area contributed by atoms with E-state index in [1.807, 2.05) is 48.5 Å². The highest BCUT2D eigenvalue weighted by atomic mass is 14.5. The third-order valence-electron chi connectivity index (χ3n) is 2.39. The molecule has 0 amide bonds. The fourth-order valence-corrected chi connectivity index (χ4v) is 1.47. The van der Waals surface area contributed by atoms with Gasteiger partial charge in [0.2, 0.25) is 0 Å². The molecule has 2 rings (SSSR count). The average molecular weight is 265 g/mol. The third-order valence-corrected chi connectivity index (χ3v) is 2.39. The molecule has 0 spiro atoms. The van der Waals surface area contributed by atoms with Crippen molar-refractivity contribution >= 4 is 5.69 Å². The van der Waals surface area contributed by atoms with Crippen molar-refractivity contribution in [1.29, 1.82) is 0 Å². The smallest absolute Gasteiger partial charge is 0.0326 e. The van der Waals surface area contributed by atoms with Crippen LogP contribution >= 0.6 is 0 Å². The molecule has 0 aliphatic rings. The lowest BCUT2D eigenvalue weighted by Crippen LogP contribution is -1.83. The Morgan fingerprint density at radius 2 is 1.14 bits per heavy atom. The molecule has 2 aromatic rings. The van der Waals surface area contributed by atoms with Crippen LogP contribution in [0.25, 0.3) is 0 Å². The normalized spacial score (nSPS) is 7.62. The van der Waals surface area contributed by atoms with Gasteiger partial charge in [-0.05, 0) is 65.9 Å². The van der Waals surface area contributed by atoms with Gasteiger partial charge in [0.05, 0.1) is 0 Å². The quantitative estimate of drug-likeness (QED) is 0.575. The number of hydrogen-bond donors (Lipinski definition) is 1. The highest BCUT2D eigenvalue weighted by molar-refractivity contribution is 5.50. The summed E-state index contributed by atoms with van der Waals surface area (Å²) in [6.07, 6.45) is 0. The molecule has 0 saturated heterocycles. The highest BCUT2D eigenvalue weighted by Gasteiger charge is 1.85. The van der Waals surface area contributed by atoms with Gasteiger partial charge in [0, 0.05) is 16.8 Å². The standard InChI is InChI=1S/C20H11N/c21-20-16-10-15-19(17-20)14-7-4-2-1-3-6-11-18-12-8-5-9-13-18/h5,8-10,12-13,15-17H,21H2. The molecule has 2 N–H and O–H groups in total. The van der Waals surface area contributed by atoms with Crippen molar-refractivity contribution in [3.8, 4) is 47.4 Å². The van der Waals surface area contributed by atoms with Gasteiger partial charge in [-0.15, -0.1) is 0 Å². The maximum atomic E-state index is 5.65. The Balaban J connectivity index is 1.94. The lowest BCUT2D eigenvalue weighted by atomic mass is 10.2. The third kappa shape index (κ3) is 5.32. The Morgan fingerprint density at radius 1 is 0.571 bits per heavy atom. The Morgan fingerprint density at radius 3 is 1.81 bits per heavy atom. The summed E-state index contributed by atoms with van der Waals surface area (Å²) < 4.78 is 0. The van der Waals surface area contributed by atoms with Gasteiger partial charge in [0.1, 0.15) is 0 Å². The van der Waals surface area contributed by atoms with Gasteiger partial charge in [0.15, 0.2) is 0 Å². The molecule has 2 aromatic carbocycles. The van der Waals surface area contributed by atoms with E-state index in [4.69, 9.17) is 5.73 Å². The molecule has 0 aliphatic heterocycles. The van der Waals surface area contributed by atoms with Gasteiger partial charge in [-0.3, -0.25) is 0 Å². The summed E-state index contributed by atoms with van der Waals surface area (Å²) in [5, 5.41) is 0. The molecule has 0 aliphatic carbocycles. The minimum Gasteiger partial charge on any atom is -0.399 e. The van der Waals surface area contributed by atoms with Crippen LogP contribution in [0.3, 0.4) is 0 Å². The number of nitrogen functional groups attached to an aromatic ring is 1. The summed E-state index contributed by atoms with van der Waals surface area (Å²) in [6.45, 7) is 0. The summed E-state index contributed by atoms with van der Waals surface area (Å²) in [6, 6.07) is 17.0. The van der Waals surface area contributed by atoms with Crippen LogP contribution < -0.4 is 5.73 Å². The minimum absolute atomic E-state index is 0.686. The number of rotatable bonds is 0. The topological polar surface area (TPSA) is 26.0 Å². The molecule has 0 atom stereocenters. The van der Waals surface area contributed by atoms with Crippen molar-refractivity contribution in [3.05, 3.63) is 65.7 Å². The second-order valence-electron chi connectivity index (χ2n) is 3.99. The average Bonchev–Trinajstić information content (AvgIpc) is 2.51. The molecule has 96 valence electrons. The molecule has 0 heterocycles. The number of anilines is 1. The maximum absolute atomic E-state index is 5.65. The van der Waals surface area contributed by atoms with Gasteiger partial charge >= 0.3 is 0 Å². The van der Waals surface area contributed by atoms with Crippen molar-refractivity contribution in [2.75, 3.05) is 5.73 Å². The molecule has 1 heteroatoms. The monoisotopic (exact) mass is 265 g/mol. The lowest BCUT2D eigenvalue weighted by molar-refractivity contribution is 1.63. The molecule has 0 saturated carbocycles. The van der Waals surface area contributed by atoms with Crippen LogP contribution in [0, 0.1) is 47.4 Å². The molecule has 0 unspecified atom stereocenters. The first-order chi connectivity index (χ1) is 10.3. The Kier molecular flexibility index (Phi) is 5.17. The fourth-order valence-electron chi connectivity index (χ4n) is 1.47. The van der Waals surface area contributed by atoms with Gasteiger partial charge in [0.25, 0.3) is 0 Å².